The van der Waals surface area contributed by atoms with Gasteiger partial charge in [0.05, 0.1) is 11.0 Å². The molecule has 0 aliphatic carbocycles. The smallest absolute Gasteiger partial charge is 0.273 e. The number of rotatable bonds is 4. The molecule has 104 valence electrons. The number of benzene rings is 2. The molecule has 0 aliphatic rings. The lowest BCUT2D eigenvalue weighted by Crippen LogP contribution is -1.94. The maximum Gasteiger partial charge on any atom is 0.273 e. The lowest BCUT2D eigenvalue weighted by Gasteiger charge is -2.12. The van der Waals surface area contributed by atoms with E-state index in [0.29, 0.717) is 16.8 Å². The van der Waals surface area contributed by atoms with E-state index < -0.39 is 4.92 Å². The molecule has 0 bridgehead atoms. The fourth-order valence-electron chi connectivity index (χ4n) is 1.66. The first-order valence-corrected chi connectivity index (χ1v) is 7.70. The van der Waals surface area contributed by atoms with Gasteiger partial charge in [-0.1, -0.05) is 37.9 Å². The molecule has 0 spiro atoms. The first kappa shape index (κ1) is 15.0. The van der Waals surface area contributed by atoms with Gasteiger partial charge in [-0.3, -0.25) is 10.1 Å². The summed E-state index contributed by atoms with van der Waals surface area (Å²) < 4.78 is 6.73. The maximum atomic E-state index is 10.8. The van der Waals surface area contributed by atoms with Crippen LogP contribution in [-0.4, -0.2) is 4.92 Å². The third kappa shape index (κ3) is 3.37. The van der Waals surface area contributed by atoms with E-state index in [-0.39, 0.29) is 5.69 Å². The number of aryl methyl sites for hydroxylation is 1. The van der Waals surface area contributed by atoms with Crippen LogP contribution in [0.2, 0.25) is 0 Å². The van der Waals surface area contributed by atoms with Crippen LogP contribution in [0.1, 0.15) is 11.1 Å². The van der Waals surface area contributed by atoms with Crippen molar-refractivity contribution in [2.75, 3.05) is 0 Å². The van der Waals surface area contributed by atoms with E-state index in [1.165, 1.54) is 12.1 Å². The second-order valence-electron chi connectivity index (χ2n) is 4.19. The topological polar surface area (TPSA) is 52.4 Å². The molecule has 0 saturated heterocycles. The fourth-order valence-corrected chi connectivity index (χ4v) is 2.47. The molecule has 0 saturated carbocycles. The highest BCUT2D eigenvalue weighted by molar-refractivity contribution is 9.10. The molecule has 0 fully saturated rings. The molecule has 6 heteroatoms. The zero-order chi connectivity index (χ0) is 14.7. The van der Waals surface area contributed by atoms with Gasteiger partial charge >= 0.3 is 0 Å². The Morgan fingerprint density at radius 1 is 1.20 bits per heavy atom. The predicted octanol–water partition coefficient (Wildman–Crippen LogP) is 5.35. The zero-order valence-corrected chi connectivity index (χ0v) is 13.8. The second kappa shape index (κ2) is 6.37. The molecule has 0 amide bonds. The molecular weight excluding hydrogens is 390 g/mol. The molecule has 0 N–H and O–H groups in total. The Morgan fingerprint density at radius 2 is 1.95 bits per heavy atom. The molecule has 0 heterocycles. The van der Waals surface area contributed by atoms with Crippen molar-refractivity contribution in [1.29, 1.82) is 0 Å². The number of ether oxygens (including phenoxy) is 1. The highest BCUT2D eigenvalue weighted by Crippen LogP contribution is 2.33. The molecule has 20 heavy (non-hydrogen) atoms. The van der Waals surface area contributed by atoms with Gasteiger partial charge in [0, 0.05) is 21.4 Å². The average Bonchev–Trinajstić information content (AvgIpc) is 2.41. The van der Waals surface area contributed by atoms with Gasteiger partial charge in [-0.2, -0.15) is 0 Å². The van der Waals surface area contributed by atoms with Crippen LogP contribution >= 0.6 is 31.9 Å². The van der Waals surface area contributed by atoms with Crippen LogP contribution in [0.15, 0.2) is 40.9 Å². The van der Waals surface area contributed by atoms with Gasteiger partial charge in [0.25, 0.3) is 5.69 Å². The summed E-state index contributed by atoms with van der Waals surface area (Å²) in [5.41, 5.74) is 1.83. The molecule has 2 aromatic carbocycles. The van der Waals surface area contributed by atoms with Crippen LogP contribution < -0.4 is 4.74 Å². The van der Waals surface area contributed by atoms with Crippen LogP contribution in [0, 0.1) is 17.0 Å². The summed E-state index contributed by atoms with van der Waals surface area (Å²) in [5.74, 6) is 1.15. The number of non-ortho nitro benzene ring substituents is 1. The minimum atomic E-state index is -0.432. The summed E-state index contributed by atoms with van der Waals surface area (Å²) in [6.07, 6.45) is 0. The van der Waals surface area contributed by atoms with E-state index in [1.54, 1.807) is 6.07 Å². The minimum Gasteiger partial charge on any atom is -0.456 e. The van der Waals surface area contributed by atoms with Gasteiger partial charge in [0.1, 0.15) is 11.5 Å². The number of nitro benzene ring substituents is 1. The molecule has 0 unspecified atom stereocenters. The summed E-state index contributed by atoms with van der Waals surface area (Å²) >= 11 is 6.79. The monoisotopic (exact) mass is 399 g/mol. The summed E-state index contributed by atoms with van der Waals surface area (Å²) in [4.78, 5) is 10.4. The average molecular weight is 401 g/mol. The number of hydrogen-bond donors (Lipinski definition) is 0. The molecule has 4 nitrogen and oxygen atoms in total. The van der Waals surface area contributed by atoms with Crippen molar-refractivity contribution in [2.45, 2.75) is 12.3 Å². The number of hydrogen-bond acceptors (Lipinski definition) is 3. The van der Waals surface area contributed by atoms with Crippen molar-refractivity contribution < 1.29 is 9.66 Å². The molecule has 0 aromatic heterocycles. The third-order valence-electron chi connectivity index (χ3n) is 2.78. The second-order valence-corrected chi connectivity index (χ2v) is 5.67. The Kier molecular flexibility index (Phi) is 4.77. The zero-order valence-electron chi connectivity index (χ0n) is 10.6. The van der Waals surface area contributed by atoms with Gasteiger partial charge in [0.15, 0.2) is 0 Å². The van der Waals surface area contributed by atoms with E-state index in [0.717, 1.165) is 15.6 Å². The van der Waals surface area contributed by atoms with Crippen molar-refractivity contribution in [2.24, 2.45) is 0 Å². The van der Waals surface area contributed by atoms with Crippen molar-refractivity contribution >= 4 is 37.5 Å². The first-order valence-electron chi connectivity index (χ1n) is 5.78. The van der Waals surface area contributed by atoms with Gasteiger partial charge in [-0.05, 0) is 30.7 Å². The standard InChI is InChI=1S/C14H11Br2NO3/c1-9-2-5-12(17(18)19)7-13(9)20-14-6-11(16)4-3-10(14)8-15/h2-7H,8H2,1H3. The fraction of sp³-hybridized carbons (Fsp3) is 0.143. The molecule has 0 atom stereocenters. The number of nitro groups is 1. The predicted molar refractivity (Wildman–Crippen MR) is 84.7 cm³/mol. The summed E-state index contributed by atoms with van der Waals surface area (Å²) in [6.45, 7) is 1.85. The highest BCUT2D eigenvalue weighted by atomic mass is 79.9. The SMILES string of the molecule is Cc1ccc([N+](=O)[O-])cc1Oc1cc(Br)ccc1CBr. The van der Waals surface area contributed by atoms with Crippen LogP contribution in [0.3, 0.4) is 0 Å². The minimum absolute atomic E-state index is 0.0148. The lowest BCUT2D eigenvalue weighted by molar-refractivity contribution is -0.384. The Hall–Kier alpha value is -1.40. The molecule has 0 aliphatic heterocycles. The highest BCUT2D eigenvalue weighted by Gasteiger charge is 2.12. The van der Waals surface area contributed by atoms with Gasteiger partial charge in [-0.25, -0.2) is 0 Å². The van der Waals surface area contributed by atoms with Crippen molar-refractivity contribution in [3.63, 3.8) is 0 Å². The van der Waals surface area contributed by atoms with E-state index in [1.807, 2.05) is 25.1 Å². The van der Waals surface area contributed by atoms with E-state index in [9.17, 15) is 10.1 Å². The summed E-state index contributed by atoms with van der Waals surface area (Å²) in [5, 5.41) is 11.5. The number of nitrogens with zero attached hydrogens (tertiary/aromatic N) is 1. The van der Waals surface area contributed by atoms with Crippen LogP contribution in [-0.2, 0) is 5.33 Å². The molecular formula is C14H11Br2NO3. The number of halogens is 2. The Morgan fingerprint density at radius 3 is 2.60 bits per heavy atom. The number of alkyl halides is 1. The normalized spacial score (nSPS) is 10.3. The van der Waals surface area contributed by atoms with Crippen molar-refractivity contribution in [1.82, 2.24) is 0 Å². The van der Waals surface area contributed by atoms with E-state index >= 15 is 0 Å². The quantitative estimate of drug-likeness (QED) is 0.394. The Labute approximate surface area is 133 Å². The first-order chi connectivity index (χ1) is 9.51. The summed E-state index contributed by atoms with van der Waals surface area (Å²) in [6, 6.07) is 10.3. The molecule has 0 radical (unpaired) electrons. The lowest BCUT2D eigenvalue weighted by atomic mass is 10.2. The maximum absolute atomic E-state index is 10.8. The summed E-state index contributed by atoms with van der Waals surface area (Å²) in [7, 11) is 0. The van der Waals surface area contributed by atoms with Gasteiger partial charge in [-0.15, -0.1) is 0 Å². The van der Waals surface area contributed by atoms with Gasteiger partial charge in [0.2, 0.25) is 0 Å². The van der Waals surface area contributed by atoms with Crippen molar-refractivity contribution in [3.05, 3.63) is 62.1 Å². The third-order valence-corrected chi connectivity index (χ3v) is 3.87. The van der Waals surface area contributed by atoms with Crippen LogP contribution in [0.5, 0.6) is 11.5 Å². The van der Waals surface area contributed by atoms with E-state index in [2.05, 4.69) is 31.9 Å². The molecule has 2 rings (SSSR count). The van der Waals surface area contributed by atoms with Crippen LogP contribution in [0.4, 0.5) is 5.69 Å². The largest absolute Gasteiger partial charge is 0.456 e. The Bertz CT molecular complexity index is 659. The van der Waals surface area contributed by atoms with Crippen LogP contribution in [0.25, 0.3) is 0 Å². The molecule has 2 aromatic rings. The van der Waals surface area contributed by atoms with E-state index in [4.69, 9.17) is 4.74 Å². The van der Waals surface area contributed by atoms with Crippen molar-refractivity contribution in [3.8, 4) is 11.5 Å². The van der Waals surface area contributed by atoms with Gasteiger partial charge < -0.3 is 4.74 Å². The Balaban J connectivity index is 2.41.